The second-order valence-corrected chi connectivity index (χ2v) is 8.05. The van der Waals surface area contributed by atoms with Crippen LogP contribution in [0.4, 0.5) is 5.69 Å². The second kappa shape index (κ2) is 8.71. The zero-order valence-electron chi connectivity index (χ0n) is 18.8. The molecule has 0 spiro atoms. The highest BCUT2D eigenvalue weighted by molar-refractivity contribution is 6.45. The summed E-state index contributed by atoms with van der Waals surface area (Å²) in [7, 11) is 3.38. The Balaban J connectivity index is 1.83. The first kappa shape index (κ1) is 21.4. The van der Waals surface area contributed by atoms with Crippen LogP contribution in [0.3, 0.4) is 0 Å². The van der Waals surface area contributed by atoms with E-state index in [1.807, 2.05) is 92.5 Å². The molecule has 0 saturated carbocycles. The molecule has 1 aliphatic heterocycles. The molecule has 1 heterocycles. The van der Waals surface area contributed by atoms with E-state index in [1.54, 1.807) is 6.07 Å². The van der Waals surface area contributed by atoms with E-state index in [-0.39, 0.29) is 11.8 Å². The van der Waals surface area contributed by atoms with Crippen LogP contribution in [0, 0.1) is 13.8 Å². The lowest BCUT2D eigenvalue weighted by atomic mass is 10.0. The van der Waals surface area contributed by atoms with Crippen molar-refractivity contribution in [3.63, 3.8) is 0 Å². The molecule has 1 aliphatic rings. The number of amides is 2. The molecule has 32 heavy (non-hydrogen) atoms. The van der Waals surface area contributed by atoms with Gasteiger partial charge in [-0.15, -0.1) is 0 Å². The molecule has 2 amide bonds. The molecule has 5 heteroatoms. The van der Waals surface area contributed by atoms with E-state index < -0.39 is 0 Å². The van der Waals surface area contributed by atoms with Crippen LogP contribution < -0.4 is 9.64 Å². The highest BCUT2D eigenvalue weighted by atomic mass is 16.5. The zero-order chi connectivity index (χ0) is 22.8. The SMILES string of the molecule is COc1ccc(C)cc1N1C(=O)C(c2ccc(C)cc2)=C(N(C)Cc2ccccc2)C1=O. The molecule has 5 nitrogen and oxygen atoms in total. The Labute approximate surface area is 188 Å². The number of hydrogen-bond donors (Lipinski definition) is 0. The van der Waals surface area contributed by atoms with Gasteiger partial charge in [0.25, 0.3) is 11.8 Å². The van der Waals surface area contributed by atoms with Crippen LogP contribution in [0.2, 0.25) is 0 Å². The van der Waals surface area contributed by atoms with E-state index in [4.69, 9.17) is 4.74 Å². The van der Waals surface area contributed by atoms with Gasteiger partial charge in [-0.25, -0.2) is 4.90 Å². The summed E-state index contributed by atoms with van der Waals surface area (Å²) < 4.78 is 5.48. The second-order valence-electron chi connectivity index (χ2n) is 8.05. The number of aryl methyl sites for hydroxylation is 2. The van der Waals surface area contributed by atoms with E-state index in [9.17, 15) is 9.59 Å². The summed E-state index contributed by atoms with van der Waals surface area (Å²) in [6.45, 7) is 4.42. The maximum atomic E-state index is 13.7. The van der Waals surface area contributed by atoms with Gasteiger partial charge in [0.15, 0.2) is 0 Å². The largest absolute Gasteiger partial charge is 0.495 e. The lowest BCUT2D eigenvalue weighted by Crippen LogP contribution is -2.34. The molecule has 0 radical (unpaired) electrons. The average molecular weight is 427 g/mol. The minimum Gasteiger partial charge on any atom is -0.495 e. The number of ether oxygens (including phenoxy) is 1. The van der Waals surface area contributed by atoms with Gasteiger partial charge in [-0.05, 0) is 42.7 Å². The lowest BCUT2D eigenvalue weighted by Gasteiger charge is -2.22. The minimum absolute atomic E-state index is 0.349. The van der Waals surface area contributed by atoms with Crippen molar-refractivity contribution in [2.45, 2.75) is 20.4 Å². The van der Waals surface area contributed by atoms with Crippen LogP contribution in [0.1, 0.15) is 22.3 Å². The first-order chi connectivity index (χ1) is 15.4. The molecule has 0 saturated heterocycles. The molecule has 3 aromatic carbocycles. The lowest BCUT2D eigenvalue weighted by molar-refractivity contribution is -0.120. The van der Waals surface area contributed by atoms with Crippen LogP contribution >= 0.6 is 0 Å². The summed E-state index contributed by atoms with van der Waals surface area (Å²) in [5.41, 5.74) is 5.03. The van der Waals surface area contributed by atoms with Gasteiger partial charge in [0.05, 0.1) is 18.4 Å². The maximum Gasteiger partial charge on any atom is 0.282 e. The summed E-state index contributed by atoms with van der Waals surface area (Å²) in [6.07, 6.45) is 0. The Morgan fingerprint density at radius 3 is 2.16 bits per heavy atom. The van der Waals surface area contributed by atoms with Crippen molar-refractivity contribution in [2.24, 2.45) is 0 Å². The molecule has 0 fully saturated rings. The Kier molecular flexibility index (Phi) is 5.82. The Morgan fingerprint density at radius 2 is 1.50 bits per heavy atom. The summed E-state index contributed by atoms with van der Waals surface area (Å²) in [4.78, 5) is 30.5. The third-order valence-electron chi connectivity index (χ3n) is 5.62. The van der Waals surface area contributed by atoms with Crippen LogP contribution in [-0.2, 0) is 16.1 Å². The maximum absolute atomic E-state index is 13.7. The minimum atomic E-state index is -0.354. The fraction of sp³-hybridized carbons (Fsp3) is 0.185. The van der Waals surface area contributed by atoms with Crippen LogP contribution in [0.5, 0.6) is 5.75 Å². The molecule has 0 atom stereocenters. The van der Waals surface area contributed by atoms with Crippen LogP contribution in [-0.4, -0.2) is 30.9 Å². The predicted octanol–water partition coefficient (Wildman–Crippen LogP) is 4.73. The van der Waals surface area contributed by atoms with Gasteiger partial charge >= 0.3 is 0 Å². The Bertz CT molecular complexity index is 1200. The quantitative estimate of drug-likeness (QED) is 0.535. The molecular formula is C27H26N2O3. The topological polar surface area (TPSA) is 49.9 Å². The van der Waals surface area contributed by atoms with E-state index in [1.165, 1.54) is 12.0 Å². The van der Waals surface area contributed by atoms with Crippen LogP contribution in [0.25, 0.3) is 5.57 Å². The summed E-state index contributed by atoms with van der Waals surface area (Å²) in [5.74, 6) is -0.224. The van der Waals surface area contributed by atoms with Gasteiger partial charge in [0.2, 0.25) is 0 Å². The van der Waals surface area contributed by atoms with Crippen molar-refractivity contribution in [1.82, 2.24) is 4.90 Å². The number of hydrogen-bond acceptors (Lipinski definition) is 4. The monoisotopic (exact) mass is 426 g/mol. The van der Waals surface area contributed by atoms with Gasteiger partial charge in [-0.1, -0.05) is 66.2 Å². The smallest absolute Gasteiger partial charge is 0.282 e. The van der Waals surface area contributed by atoms with Gasteiger partial charge in [-0.3, -0.25) is 9.59 Å². The Hall–Kier alpha value is -3.86. The average Bonchev–Trinajstić information content (AvgIpc) is 3.05. The molecule has 4 rings (SSSR count). The highest BCUT2D eigenvalue weighted by Crippen LogP contribution is 2.39. The third-order valence-corrected chi connectivity index (χ3v) is 5.62. The van der Waals surface area contributed by atoms with E-state index in [2.05, 4.69) is 0 Å². The number of likely N-dealkylation sites (N-methyl/N-ethyl adjacent to an activating group) is 1. The number of nitrogens with zero attached hydrogens (tertiary/aromatic N) is 2. The summed E-state index contributed by atoms with van der Waals surface area (Å²) in [5, 5.41) is 0. The molecular weight excluding hydrogens is 400 g/mol. The number of benzene rings is 3. The predicted molar refractivity (Wildman–Crippen MR) is 126 cm³/mol. The summed E-state index contributed by atoms with van der Waals surface area (Å²) in [6, 6.07) is 23.1. The molecule has 0 unspecified atom stereocenters. The van der Waals surface area contributed by atoms with Crippen LogP contribution in [0.15, 0.2) is 78.5 Å². The van der Waals surface area contributed by atoms with Crippen molar-refractivity contribution in [3.8, 4) is 5.75 Å². The first-order valence-corrected chi connectivity index (χ1v) is 10.5. The molecule has 3 aromatic rings. The molecule has 0 aromatic heterocycles. The van der Waals surface area contributed by atoms with Crippen molar-refractivity contribution < 1.29 is 14.3 Å². The number of imide groups is 1. The molecule has 162 valence electrons. The van der Waals surface area contributed by atoms with Gasteiger partial charge in [0.1, 0.15) is 11.4 Å². The molecule has 0 N–H and O–H groups in total. The highest BCUT2D eigenvalue weighted by Gasteiger charge is 2.42. The number of methoxy groups -OCH3 is 1. The van der Waals surface area contributed by atoms with E-state index in [0.717, 1.165) is 22.3 Å². The fourth-order valence-corrected chi connectivity index (χ4v) is 3.98. The van der Waals surface area contributed by atoms with Crippen molar-refractivity contribution in [2.75, 3.05) is 19.1 Å². The summed E-state index contributed by atoms with van der Waals surface area (Å²) >= 11 is 0. The first-order valence-electron chi connectivity index (χ1n) is 10.5. The number of anilines is 1. The fourth-order valence-electron chi connectivity index (χ4n) is 3.98. The Morgan fingerprint density at radius 1 is 0.844 bits per heavy atom. The standard InChI is InChI=1S/C27H26N2O3/c1-18-10-13-21(14-11-18)24-25(28(3)17-20-8-6-5-7-9-20)27(31)29(26(24)30)22-16-19(2)12-15-23(22)32-4/h5-16H,17H2,1-4H3. The van der Waals surface area contributed by atoms with Crippen molar-refractivity contribution in [1.29, 1.82) is 0 Å². The zero-order valence-corrected chi connectivity index (χ0v) is 18.8. The number of carbonyl (C=O) groups excluding carboxylic acids is 2. The third kappa shape index (κ3) is 3.89. The van der Waals surface area contributed by atoms with E-state index in [0.29, 0.717) is 29.3 Å². The van der Waals surface area contributed by atoms with E-state index >= 15 is 0 Å². The molecule has 0 aliphatic carbocycles. The van der Waals surface area contributed by atoms with Gasteiger partial charge < -0.3 is 9.64 Å². The molecule has 0 bridgehead atoms. The number of rotatable bonds is 6. The normalized spacial score (nSPS) is 13.7. The van der Waals surface area contributed by atoms with Gasteiger partial charge in [0, 0.05) is 13.6 Å². The van der Waals surface area contributed by atoms with Crippen molar-refractivity contribution in [3.05, 3.63) is 101 Å². The number of carbonyl (C=O) groups is 2. The van der Waals surface area contributed by atoms with Gasteiger partial charge in [-0.2, -0.15) is 0 Å². The van der Waals surface area contributed by atoms with Crippen molar-refractivity contribution >= 4 is 23.1 Å².